The van der Waals surface area contributed by atoms with Gasteiger partial charge in [-0.1, -0.05) is 15.9 Å². The van der Waals surface area contributed by atoms with Gasteiger partial charge in [0.15, 0.2) is 0 Å². The molecule has 0 aliphatic heterocycles. The number of hydrogen-bond acceptors (Lipinski definition) is 4. The fourth-order valence-electron chi connectivity index (χ4n) is 1.44. The van der Waals surface area contributed by atoms with Crippen LogP contribution in [-0.4, -0.2) is 20.8 Å². The highest BCUT2D eigenvalue weighted by Gasteiger charge is 2.20. The molecule has 100 valence electrons. The molecule has 0 saturated carbocycles. The van der Waals surface area contributed by atoms with E-state index >= 15 is 0 Å². The molecule has 0 aliphatic carbocycles. The molecule has 0 heterocycles. The minimum atomic E-state index is -3.89. The normalized spacial score (nSPS) is 11.3. The third-order valence-electron chi connectivity index (χ3n) is 2.11. The maximum Gasteiger partial charge on any atom is 0.265 e. The summed E-state index contributed by atoms with van der Waals surface area (Å²) in [6, 6.07) is 2.87. The van der Waals surface area contributed by atoms with Crippen molar-refractivity contribution in [3.8, 4) is 5.75 Å². The lowest BCUT2D eigenvalue weighted by molar-refractivity contribution is -0.116. The Labute approximate surface area is 119 Å². The molecule has 0 saturated heterocycles. The number of halogens is 2. The third-order valence-corrected chi connectivity index (χ3v) is 4.20. The van der Waals surface area contributed by atoms with Crippen LogP contribution in [0.1, 0.15) is 19.4 Å². The summed E-state index contributed by atoms with van der Waals surface area (Å²) in [7, 11) is 1.44. The molecular weight excluding hydrogens is 344 g/mol. The number of ketones is 1. The van der Waals surface area contributed by atoms with Gasteiger partial charge in [-0.2, -0.15) is 0 Å². The van der Waals surface area contributed by atoms with Crippen molar-refractivity contribution in [2.24, 2.45) is 0 Å². The zero-order chi connectivity index (χ0) is 13.9. The Morgan fingerprint density at radius 3 is 2.50 bits per heavy atom. The van der Waals surface area contributed by atoms with E-state index in [1.54, 1.807) is 6.92 Å². The Morgan fingerprint density at radius 1 is 1.44 bits per heavy atom. The van der Waals surface area contributed by atoms with Crippen molar-refractivity contribution >= 4 is 41.4 Å². The summed E-state index contributed by atoms with van der Waals surface area (Å²) >= 11 is 3.22. The van der Waals surface area contributed by atoms with Crippen LogP contribution in [-0.2, 0) is 20.3 Å². The predicted molar refractivity (Wildman–Crippen MR) is 72.7 cm³/mol. The van der Waals surface area contributed by atoms with Crippen molar-refractivity contribution in [3.63, 3.8) is 0 Å². The Balaban J connectivity index is 3.38. The van der Waals surface area contributed by atoms with Crippen LogP contribution in [0.25, 0.3) is 0 Å². The molecule has 0 unspecified atom stereocenters. The van der Waals surface area contributed by atoms with Gasteiger partial charge in [0.05, 0.1) is 6.61 Å². The molecule has 0 spiro atoms. The fraction of sp³-hybridized carbons (Fsp3) is 0.364. The molecule has 4 nitrogen and oxygen atoms in total. The molecule has 0 radical (unpaired) electrons. The second kappa shape index (κ2) is 6.04. The molecule has 7 heteroatoms. The van der Waals surface area contributed by atoms with Gasteiger partial charge in [0.25, 0.3) is 9.05 Å². The number of carbonyl (C=O) groups is 1. The number of Topliss-reactive ketones (excluding diaryl/α,β-unsaturated/α-hetero) is 1. The van der Waals surface area contributed by atoms with E-state index in [1.807, 2.05) is 0 Å². The summed E-state index contributed by atoms with van der Waals surface area (Å²) < 4.78 is 28.6. The summed E-state index contributed by atoms with van der Waals surface area (Å²) in [5.74, 6) is 0.131. The maximum atomic E-state index is 11.4. The smallest absolute Gasteiger partial charge is 0.265 e. The number of ether oxygens (including phenoxy) is 1. The lowest BCUT2D eigenvalue weighted by Gasteiger charge is -2.11. The second-order valence-corrected chi connectivity index (χ2v) is 7.03. The fourth-order valence-corrected chi connectivity index (χ4v) is 3.05. The van der Waals surface area contributed by atoms with Crippen LogP contribution < -0.4 is 4.74 Å². The molecule has 0 atom stereocenters. The standard InChI is InChI=1S/C11H12BrClO4S/c1-3-17-10-5-8(4-7(2)14)9(12)6-11(10)18(13,15)16/h5-6H,3-4H2,1-2H3. The van der Waals surface area contributed by atoms with Crippen LogP contribution in [0, 0.1) is 0 Å². The number of hydrogen-bond donors (Lipinski definition) is 0. The van der Waals surface area contributed by atoms with Gasteiger partial charge in [-0.3, -0.25) is 4.79 Å². The van der Waals surface area contributed by atoms with E-state index in [1.165, 1.54) is 19.1 Å². The maximum absolute atomic E-state index is 11.4. The van der Waals surface area contributed by atoms with E-state index in [0.29, 0.717) is 16.6 Å². The third kappa shape index (κ3) is 3.96. The molecule has 1 rings (SSSR count). The molecule has 0 bridgehead atoms. The molecule has 0 N–H and O–H groups in total. The van der Waals surface area contributed by atoms with E-state index < -0.39 is 9.05 Å². The Morgan fingerprint density at radius 2 is 2.06 bits per heavy atom. The SMILES string of the molecule is CCOc1cc(CC(C)=O)c(Br)cc1S(=O)(=O)Cl. The van der Waals surface area contributed by atoms with E-state index in [9.17, 15) is 13.2 Å². The van der Waals surface area contributed by atoms with Crippen molar-refractivity contribution in [2.75, 3.05) is 6.61 Å². The largest absolute Gasteiger partial charge is 0.492 e. The van der Waals surface area contributed by atoms with Crippen molar-refractivity contribution in [1.29, 1.82) is 0 Å². The quantitative estimate of drug-likeness (QED) is 0.762. The molecule has 18 heavy (non-hydrogen) atoms. The zero-order valence-corrected chi connectivity index (χ0v) is 13.0. The summed E-state index contributed by atoms with van der Waals surface area (Å²) in [5, 5.41) is 0. The van der Waals surface area contributed by atoms with Crippen molar-refractivity contribution < 1.29 is 17.9 Å². The van der Waals surface area contributed by atoms with Gasteiger partial charge < -0.3 is 4.74 Å². The molecular formula is C11H12BrClO4S. The first-order valence-corrected chi connectivity index (χ1v) is 8.25. The van der Waals surface area contributed by atoms with E-state index in [4.69, 9.17) is 15.4 Å². The Bertz CT molecular complexity index is 569. The van der Waals surface area contributed by atoms with Crippen LogP contribution in [0.3, 0.4) is 0 Å². The highest BCUT2D eigenvalue weighted by atomic mass is 79.9. The second-order valence-electron chi connectivity index (χ2n) is 3.64. The Hall–Kier alpha value is -0.590. The van der Waals surface area contributed by atoms with E-state index in [0.717, 1.165) is 0 Å². The van der Waals surface area contributed by atoms with Crippen molar-refractivity contribution in [2.45, 2.75) is 25.2 Å². The van der Waals surface area contributed by atoms with Crippen LogP contribution >= 0.6 is 26.6 Å². The Kier molecular flexibility index (Phi) is 5.19. The average Bonchev–Trinajstić information content (AvgIpc) is 2.20. The average molecular weight is 356 g/mol. The van der Waals surface area contributed by atoms with Crippen molar-refractivity contribution in [1.82, 2.24) is 0 Å². The summed E-state index contributed by atoms with van der Waals surface area (Å²) in [4.78, 5) is 11.0. The van der Waals surface area contributed by atoms with Gasteiger partial charge in [0.2, 0.25) is 0 Å². The first-order valence-electron chi connectivity index (χ1n) is 5.15. The minimum Gasteiger partial charge on any atom is -0.492 e. The highest BCUT2D eigenvalue weighted by Crippen LogP contribution is 2.33. The lowest BCUT2D eigenvalue weighted by atomic mass is 10.1. The lowest BCUT2D eigenvalue weighted by Crippen LogP contribution is -2.04. The van der Waals surface area contributed by atoms with Crippen molar-refractivity contribution in [3.05, 3.63) is 22.2 Å². The minimum absolute atomic E-state index is 0.0281. The molecule has 1 aromatic rings. The number of benzene rings is 1. The zero-order valence-electron chi connectivity index (χ0n) is 9.87. The van der Waals surface area contributed by atoms with Gasteiger partial charge in [-0.05, 0) is 31.5 Å². The summed E-state index contributed by atoms with van der Waals surface area (Å²) in [5.41, 5.74) is 0.662. The van der Waals surface area contributed by atoms with Crippen LogP contribution in [0.2, 0.25) is 0 Å². The molecule has 0 amide bonds. The summed E-state index contributed by atoms with van der Waals surface area (Å²) in [6.07, 6.45) is 0.198. The first kappa shape index (κ1) is 15.5. The van der Waals surface area contributed by atoms with E-state index in [-0.39, 0.29) is 22.8 Å². The van der Waals surface area contributed by atoms with Gasteiger partial charge in [-0.25, -0.2) is 8.42 Å². The number of rotatable bonds is 5. The molecule has 0 aromatic heterocycles. The van der Waals surface area contributed by atoms with Gasteiger partial charge in [0, 0.05) is 21.6 Å². The topological polar surface area (TPSA) is 60.4 Å². The van der Waals surface area contributed by atoms with Gasteiger partial charge >= 0.3 is 0 Å². The molecule has 0 fully saturated rings. The van der Waals surface area contributed by atoms with Crippen LogP contribution in [0.15, 0.2) is 21.5 Å². The van der Waals surface area contributed by atoms with Crippen LogP contribution in [0.5, 0.6) is 5.75 Å². The molecule has 1 aromatic carbocycles. The molecule has 0 aliphatic rings. The van der Waals surface area contributed by atoms with Gasteiger partial charge in [-0.15, -0.1) is 0 Å². The van der Waals surface area contributed by atoms with E-state index in [2.05, 4.69) is 15.9 Å². The van der Waals surface area contributed by atoms with Gasteiger partial charge in [0.1, 0.15) is 16.4 Å². The highest BCUT2D eigenvalue weighted by molar-refractivity contribution is 9.10. The van der Waals surface area contributed by atoms with Crippen LogP contribution in [0.4, 0.5) is 0 Å². The summed E-state index contributed by atoms with van der Waals surface area (Å²) in [6.45, 7) is 3.50. The first-order chi connectivity index (χ1) is 8.25. The monoisotopic (exact) mass is 354 g/mol. The predicted octanol–water partition coefficient (Wildman–Crippen LogP) is 2.91. The number of carbonyl (C=O) groups excluding carboxylic acids is 1.